The summed E-state index contributed by atoms with van der Waals surface area (Å²) in [5.41, 5.74) is 6.68. The Hall–Kier alpha value is -4.32. The van der Waals surface area contributed by atoms with E-state index in [2.05, 4.69) is 41.1 Å². The number of rotatable bonds is 6. The standard InChI is InChI=1S/C30H28N4O2/c1-21-15-17-22(18-16-21)27-25-14-8-9-19-33-26(20-36-24-12-6-3-7-13-24)32-34(30(25)33)28(27)29(35)31-23-10-4-2-5-11-23/h2-7,10-13,15-18H,8-9,14,19-20H2,1H3,(H,31,35). The third-order valence-corrected chi connectivity index (χ3v) is 6.76. The van der Waals surface area contributed by atoms with Gasteiger partial charge in [-0.15, -0.1) is 5.10 Å². The molecule has 1 amide bonds. The Kier molecular flexibility index (Phi) is 5.77. The van der Waals surface area contributed by atoms with E-state index < -0.39 is 0 Å². The summed E-state index contributed by atoms with van der Waals surface area (Å²) < 4.78 is 10.1. The molecule has 2 aromatic heterocycles. The quantitative estimate of drug-likeness (QED) is 0.314. The topological polar surface area (TPSA) is 60.6 Å². The molecule has 0 aliphatic carbocycles. The highest BCUT2D eigenvalue weighted by molar-refractivity contribution is 6.09. The van der Waals surface area contributed by atoms with Crippen LogP contribution in [0.1, 0.15) is 40.3 Å². The fraction of sp³-hybridized carbons (Fsp3) is 0.200. The SMILES string of the molecule is Cc1ccc(-c2c3c4n(c(COc5ccccc5)nn4c2C(=O)Nc2ccccc2)CCCC3)cc1. The monoisotopic (exact) mass is 476 g/mol. The minimum absolute atomic E-state index is 0.168. The van der Waals surface area contributed by atoms with Crippen LogP contribution in [0.25, 0.3) is 16.8 Å². The van der Waals surface area contributed by atoms with Crippen LogP contribution >= 0.6 is 0 Å². The van der Waals surface area contributed by atoms with E-state index in [1.165, 1.54) is 11.1 Å². The van der Waals surface area contributed by atoms with Crippen molar-refractivity contribution in [2.75, 3.05) is 5.32 Å². The maximum Gasteiger partial charge on any atom is 0.275 e. The van der Waals surface area contributed by atoms with Gasteiger partial charge < -0.3 is 14.6 Å². The molecule has 180 valence electrons. The molecule has 3 heterocycles. The van der Waals surface area contributed by atoms with Crippen molar-refractivity contribution in [2.24, 2.45) is 0 Å². The Balaban J connectivity index is 1.51. The molecule has 0 saturated carbocycles. The van der Waals surface area contributed by atoms with E-state index in [0.717, 1.165) is 59.8 Å². The normalized spacial score (nSPS) is 12.9. The lowest BCUT2D eigenvalue weighted by atomic mass is 9.97. The largest absolute Gasteiger partial charge is 0.486 e. The molecule has 36 heavy (non-hydrogen) atoms. The second kappa shape index (κ2) is 9.38. The minimum atomic E-state index is -0.168. The number of carbonyl (C=O) groups is 1. The zero-order valence-corrected chi connectivity index (χ0v) is 20.3. The Morgan fingerprint density at radius 1 is 0.944 bits per heavy atom. The molecule has 1 aliphatic heterocycles. The van der Waals surface area contributed by atoms with Gasteiger partial charge in [0, 0.05) is 23.4 Å². The first kappa shape index (κ1) is 22.2. The van der Waals surface area contributed by atoms with Crippen molar-refractivity contribution in [1.82, 2.24) is 14.2 Å². The predicted octanol–water partition coefficient (Wildman–Crippen LogP) is 6.28. The Morgan fingerprint density at radius 3 is 2.42 bits per heavy atom. The van der Waals surface area contributed by atoms with E-state index >= 15 is 0 Å². The summed E-state index contributed by atoms with van der Waals surface area (Å²) in [6.45, 7) is 3.26. The highest BCUT2D eigenvalue weighted by Crippen LogP contribution is 2.37. The predicted molar refractivity (Wildman–Crippen MR) is 141 cm³/mol. The van der Waals surface area contributed by atoms with E-state index in [-0.39, 0.29) is 5.91 Å². The molecule has 0 bridgehead atoms. The molecular weight excluding hydrogens is 448 g/mol. The van der Waals surface area contributed by atoms with Crippen LogP contribution < -0.4 is 10.1 Å². The molecule has 0 spiro atoms. The van der Waals surface area contributed by atoms with Gasteiger partial charge in [-0.2, -0.15) is 0 Å². The molecule has 1 N–H and O–H groups in total. The molecule has 6 nitrogen and oxygen atoms in total. The molecule has 0 fully saturated rings. The third-order valence-electron chi connectivity index (χ3n) is 6.76. The van der Waals surface area contributed by atoms with Gasteiger partial charge in [0.2, 0.25) is 0 Å². The van der Waals surface area contributed by atoms with Crippen molar-refractivity contribution in [3.63, 3.8) is 0 Å². The van der Waals surface area contributed by atoms with Crippen LogP contribution in [0.4, 0.5) is 5.69 Å². The van der Waals surface area contributed by atoms with Gasteiger partial charge in [0.25, 0.3) is 5.91 Å². The number of aromatic nitrogens is 3. The number of anilines is 1. The summed E-state index contributed by atoms with van der Waals surface area (Å²) in [5.74, 6) is 1.45. The lowest BCUT2D eigenvalue weighted by molar-refractivity contribution is 0.102. The fourth-order valence-electron chi connectivity index (χ4n) is 5.03. The van der Waals surface area contributed by atoms with Crippen molar-refractivity contribution in [3.05, 3.63) is 108 Å². The molecule has 6 rings (SSSR count). The number of hydrogen-bond acceptors (Lipinski definition) is 3. The highest BCUT2D eigenvalue weighted by Gasteiger charge is 2.30. The summed E-state index contributed by atoms with van der Waals surface area (Å²) in [5, 5.41) is 8.05. The van der Waals surface area contributed by atoms with Crippen LogP contribution in [-0.4, -0.2) is 20.1 Å². The molecule has 0 saturated heterocycles. The molecule has 6 heteroatoms. The Labute approximate surface area is 210 Å². The first-order chi connectivity index (χ1) is 17.7. The van der Waals surface area contributed by atoms with Crippen molar-refractivity contribution in [3.8, 4) is 16.9 Å². The molecule has 0 atom stereocenters. The summed E-state index contributed by atoms with van der Waals surface area (Å²) >= 11 is 0. The van der Waals surface area contributed by atoms with Gasteiger partial charge in [0.1, 0.15) is 23.7 Å². The number of carbonyl (C=O) groups excluding carboxylic acids is 1. The van der Waals surface area contributed by atoms with Gasteiger partial charge in [-0.25, -0.2) is 4.52 Å². The summed E-state index contributed by atoms with van der Waals surface area (Å²) in [4.78, 5) is 13.8. The minimum Gasteiger partial charge on any atom is -0.486 e. The second-order valence-corrected chi connectivity index (χ2v) is 9.25. The van der Waals surface area contributed by atoms with E-state index in [1.54, 1.807) is 0 Å². The van der Waals surface area contributed by atoms with E-state index in [0.29, 0.717) is 12.3 Å². The first-order valence-corrected chi connectivity index (χ1v) is 12.4. The smallest absolute Gasteiger partial charge is 0.275 e. The van der Waals surface area contributed by atoms with Gasteiger partial charge in [-0.1, -0.05) is 66.2 Å². The van der Waals surface area contributed by atoms with Crippen molar-refractivity contribution < 1.29 is 9.53 Å². The number of hydrogen-bond donors (Lipinski definition) is 1. The second-order valence-electron chi connectivity index (χ2n) is 9.25. The number of amides is 1. The first-order valence-electron chi connectivity index (χ1n) is 12.4. The average molecular weight is 477 g/mol. The molecule has 5 aromatic rings. The third kappa shape index (κ3) is 4.05. The zero-order valence-electron chi connectivity index (χ0n) is 20.3. The average Bonchev–Trinajstić information content (AvgIpc) is 3.31. The van der Waals surface area contributed by atoms with E-state index in [4.69, 9.17) is 9.84 Å². The van der Waals surface area contributed by atoms with Gasteiger partial charge in [-0.05, 0) is 56.0 Å². The molecule has 3 aromatic carbocycles. The summed E-state index contributed by atoms with van der Waals surface area (Å²) in [6.07, 6.45) is 3.01. The van der Waals surface area contributed by atoms with Crippen LogP contribution in [0.5, 0.6) is 5.75 Å². The molecular formula is C30H28N4O2. The van der Waals surface area contributed by atoms with E-state index in [1.807, 2.05) is 65.2 Å². The maximum absolute atomic E-state index is 13.8. The molecule has 0 radical (unpaired) electrons. The van der Waals surface area contributed by atoms with Gasteiger partial charge in [0.15, 0.2) is 5.82 Å². The van der Waals surface area contributed by atoms with Crippen molar-refractivity contribution >= 4 is 17.2 Å². The van der Waals surface area contributed by atoms with E-state index in [9.17, 15) is 4.79 Å². The summed E-state index contributed by atoms with van der Waals surface area (Å²) in [6, 6.07) is 27.7. The van der Waals surface area contributed by atoms with Crippen LogP contribution in [-0.2, 0) is 19.6 Å². The van der Waals surface area contributed by atoms with Crippen LogP contribution in [0.2, 0.25) is 0 Å². The Morgan fingerprint density at radius 2 is 1.67 bits per heavy atom. The Bertz CT molecular complexity index is 1520. The number of ether oxygens (including phenoxy) is 1. The van der Waals surface area contributed by atoms with Crippen molar-refractivity contribution in [1.29, 1.82) is 0 Å². The maximum atomic E-state index is 13.8. The zero-order chi connectivity index (χ0) is 24.5. The number of benzene rings is 3. The van der Waals surface area contributed by atoms with Crippen LogP contribution in [0.3, 0.4) is 0 Å². The molecule has 0 unspecified atom stereocenters. The van der Waals surface area contributed by atoms with Gasteiger partial charge in [0.05, 0.1) is 0 Å². The fourth-order valence-corrected chi connectivity index (χ4v) is 5.03. The highest BCUT2D eigenvalue weighted by atomic mass is 16.5. The number of para-hydroxylation sites is 2. The lowest BCUT2D eigenvalue weighted by Crippen LogP contribution is -2.16. The number of nitrogens with one attached hydrogen (secondary N) is 1. The van der Waals surface area contributed by atoms with Crippen LogP contribution in [0, 0.1) is 6.92 Å². The van der Waals surface area contributed by atoms with Crippen molar-refractivity contribution in [2.45, 2.75) is 39.3 Å². The molecule has 1 aliphatic rings. The van der Waals surface area contributed by atoms with Gasteiger partial charge >= 0.3 is 0 Å². The number of aryl methyl sites for hydroxylation is 3. The summed E-state index contributed by atoms with van der Waals surface area (Å²) in [7, 11) is 0. The van der Waals surface area contributed by atoms with Gasteiger partial charge in [-0.3, -0.25) is 4.79 Å². The number of nitrogens with zero attached hydrogens (tertiary/aromatic N) is 3. The lowest BCUT2D eigenvalue weighted by Gasteiger charge is -2.10. The van der Waals surface area contributed by atoms with Crippen LogP contribution in [0.15, 0.2) is 84.9 Å².